The number of ether oxygens (including phenoxy) is 2. The van der Waals surface area contributed by atoms with E-state index in [0.29, 0.717) is 21.9 Å². The lowest BCUT2D eigenvalue weighted by Crippen LogP contribution is -2.36. The number of fused-ring (bicyclic) bond motifs is 1. The number of nitriles is 1. The van der Waals surface area contributed by atoms with Crippen LogP contribution in [0.1, 0.15) is 6.92 Å². The number of benzene rings is 1. The van der Waals surface area contributed by atoms with Gasteiger partial charge >= 0.3 is 0 Å². The van der Waals surface area contributed by atoms with Gasteiger partial charge in [0.05, 0.1) is 29.4 Å². The summed E-state index contributed by atoms with van der Waals surface area (Å²) in [6.45, 7) is 4.93. The van der Waals surface area contributed by atoms with E-state index in [-0.39, 0.29) is 6.01 Å². The normalized spacial score (nSPS) is 15.5. The maximum Gasteiger partial charge on any atom is 0.297 e. The second-order valence-electron chi connectivity index (χ2n) is 6.27. The van der Waals surface area contributed by atoms with Gasteiger partial charge in [0.25, 0.3) is 6.01 Å². The topological polar surface area (TPSA) is 87.1 Å². The molecule has 1 aliphatic heterocycles. The molecule has 0 radical (unpaired) electrons. The summed E-state index contributed by atoms with van der Waals surface area (Å²) in [6.07, 6.45) is -0.603. The molecule has 1 aromatic carbocycles. The lowest BCUT2D eigenvalue weighted by atomic mass is 10.1. The molecule has 0 aliphatic carbocycles. The third kappa shape index (κ3) is 3.68. The Balaban J connectivity index is 1.62. The summed E-state index contributed by atoms with van der Waals surface area (Å²) in [7, 11) is 0. The van der Waals surface area contributed by atoms with Crippen LogP contribution in [0.5, 0.6) is 6.01 Å². The molecule has 1 aliphatic rings. The van der Waals surface area contributed by atoms with E-state index in [1.54, 1.807) is 13.0 Å². The Morgan fingerprint density at radius 1 is 1.26 bits per heavy atom. The molecule has 1 fully saturated rings. The van der Waals surface area contributed by atoms with Crippen LogP contribution in [0.2, 0.25) is 5.02 Å². The third-order valence-electron chi connectivity index (χ3n) is 4.39. The molecule has 1 unspecified atom stereocenters. The largest absolute Gasteiger partial charge is 0.446 e. The van der Waals surface area contributed by atoms with Crippen molar-refractivity contribution in [3.8, 4) is 23.3 Å². The van der Waals surface area contributed by atoms with Crippen molar-refractivity contribution in [2.45, 2.75) is 13.0 Å². The van der Waals surface area contributed by atoms with Crippen molar-refractivity contribution in [1.29, 1.82) is 5.26 Å². The number of aromatic amines is 1. The minimum Gasteiger partial charge on any atom is -0.446 e. The van der Waals surface area contributed by atoms with Gasteiger partial charge in [0.15, 0.2) is 11.8 Å². The van der Waals surface area contributed by atoms with E-state index < -0.39 is 6.10 Å². The van der Waals surface area contributed by atoms with Crippen LogP contribution in [-0.2, 0) is 4.74 Å². The molecule has 3 aromatic rings. The predicted octanol–water partition coefficient (Wildman–Crippen LogP) is 3.41. The van der Waals surface area contributed by atoms with Crippen LogP contribution < -0.4 is 9.64 Å². The minimum atomic E-state index is -0.603. The van der Waals surface area contributed by atoms with Crippen LogP contribution in [0.4, 0.5) is 5.69 Å². The van der Waals surface area contributed by atoms with Crippen molar-refractivity contribution in [2.24, 2.45) is 0 Å². The Morgan fingerprint density at radius 2 is 2.00 bits per heavy atom. The SMILES string of the molecule is CC(C#N)Oc1nc2nc(-c3ccc(N4CCOCC4)cc3)c(Cl)cc2[nH]1. The van der Waals surface area contributed by atoms with Crippen molar-refractivity contribution >= 4 is 28.5 Å². The van der Waals surface area contributed by atoms with Gasteiger partial charge in [-0.05, 0) is 25.1 Å². The monoisotopic (exact) mass is 383 g/mol. The first kappa shape index (κ1) is 17.6. The van der Waals surface area contributed by atoms with E-state index >= 15 is 0 Å². The molecule has 1 atom stereocenters. The van der Waals surface area contributed by atoms with Crippen LogP contribution in [0, 0.1) is 11.3 Å². The number of hydrogen-bond acceptors (Lipinski definition) is 6. The number of aromatic nitrogens is 3. The number of nitrogens with zero attached hydrogens (tertiary/aromatic N) is 4. The smallest absolute Gasteiger partial charge is 0.297 e. The first-order chi connectivity index (χ1) is 13.1. The Hall–Kier alpha value is -2.82. The van der Waals surface area contributed by atoms with Crippen molar-refractivity contribution in [1.82, 2.24) is 15.0 Å². The maximum atomic E-state index is 8.86. The zero-order valence-electron chi connectivity index (χ0n) is 14.8. The van der Waals surface area contributed by atoms with Gasteiger partial charge in [-0.1, -0.05) is 23.7 Å². The van der Waals surface area contributed by atoms with Gasteiger partial charge in [0.2, 0.25) is 0 Å². The maximum absolute atomic E-state index is 8.86. The number of nitrogens with one attached hydrogen (secondary N) is 1. The number of H-pyrrole nitrogens is 1. The minimum absolute atomic E-state index is 0.252. The summed E-state index contributed by atoms with van der Waals surface area (Å²) in [5.74, 6) is 0. The second kappa shape index (κ2) is 7.43. The number of pyridine rings is 1. The summed E-state index contributed by atoms with van der Waals surface area (Å²) in [4.78, 5) is 14.1. The number of anilines is 1. The molecule has 138 valence electrons. The first-order valence-electron chi connectivity index (χ1n) is 8.69. The summed E-state index contributed by atoms with van der Waals surface area (Å²) in [6, 6.07) is 12.2. The highest BCUT2D eigenvalue weighted by atomic mass is 35.5. The number of imidazole rings is 1. The van der Waals surface area contributed by atoms with Gasteiger partial charge in [-0.15, -0.1) is 0 Å². The molecule has 2 aromatic heterocycles. The van der Waals surface area contributed by atoms with Gasteiger partial charge in [-0.3, -0.25) is 0 Å². The molecule has 0 spiro atoms. The fraction of sp³-hybridized carbons (Fsp3) is 0.316. The van der Waals surface area contributed by atoms with Gasteiger partial charge in [-0.2, -0.15) is 10.2 Å². The molecule has 27 heavy (non-hydrogen) atoms. The number of morpholine rings is 1. The average Bonchev–Trinajstić information content (AvgIpc) is 3.09. The van der Waals surface area contributed by atoms with E-state index in [1.807, 2.05) is 18.2 Å². The van der Waals surface area contributed by atoms with Crippen molar-refractivity contribution in [2.75, 3.05) is 31.2 Å². The van der Waals surface area contributed by atoms with E-state index in [9.17, 15) is 0 Å². The van der Waals surface area contributed by atoms with Crippen LogP contribution in [0.25, 0.3) is 22.4 Å². The molecule has 0 amide bonds. The highest BCUT2D eigenvalue weighted by Gasteiger charge is 2.15. The lowest BCUT2D eigenvalue weighted by molar-refractivity contribution is 0.122. The molecule has 7 nitrogen and oxygen atoms in total. The van der Waals surface area contributed by atoms with E-state index in [1.165, 1.54) is 0 Å². The summed E-state index contributed by atoms with van der Waals surface area (Å²) in [5, 5.41) is 9.38. The van der Waals surface area contributed by atoms with Crippen LogP contribution in [0.15, 0.2) is 30.3 Å². The number of rotatable bonds is 4. The van der Waals surface area contributed by atoms with E-state index in [2.05, 4.69) is 32.0 Å². The number of halogens is 1. The zero-order chi connectivity index (χ0) is 18.8. The summed E-state index contributed by atoms with van der Waals surface area (Å²) >= 11 is 6.44. The summed E-state index contributed by atoms with van der Waals surface area (Å²) < 4.78 is 10.8. The molecule has 0 saturated carbocycles. The molecule has 1 saturated heterocycles. The fourth-order valence-electron chi connectivity index (χ4n) is 3.00. The predicted molar refractivity (Wildman–Crippen MR) is 103 cm³/mol. The van der Waals surface area contributed by atoms with Gasteiger partial charge in [0.1, 0.15) is 6.07 Å². The Morgan fingerprint density at radius 3 is 2.70 bits per heavy atom. The highest BCUT2D eigenvalue weighted by molar-refractivity contribution is 6.33. The third-order valence-corrected chi connectivity index (χ3v) is 4.68. The van der Waals surface area contributed by atoms with Crippen molar-refractivity contribution in [3.63, 3.8) is 0 Å². The van der Waals surface area contributed by atoms with E-state index in [0.717, 1.165) is 37.6 Å². The average molecular weight is 384 g/mol. The molecular weight excluding hydrogens is 366 g/mol. The van der Waals surface area contributed by atoms with Gasteiger partial charge in [0, 0.05) is 24.3 Å². The second-order valence-corrected chi connectivity index (χ2v) is 6.67. The quantitative estimate of drug-likeness (QED) is 0.742. The number of hydrogen-bond donors (Lipinski definition) is 1. The van der Waals surface area contributed by atoms with Crippen LogP contribution in [-0.4, -0.2) is 47.4 Å². The van der Waals surface area contributed by atoms with E-state index in [4.69, 9.17) is 26.3 Å². The first-order valence-corrected chi connectivity index (χ1v) is 9.07. The van der Waals surface area contributed by atoms with Gasteiger partial charge in [-0.25, -0.2) is 4.98 Å². The zero-order valence-corrected chi connectivity index (χ0v) is 15.5. The van der Waals surface area contributed by atoms with Crippen LogP contribution in [0.3, 0.4) is 0 Å². The standard InChI is InChI=1S/C19H18ClN5O2/c1-12(11-21)27-19-22-16-10-15(20)17(23-18(16)24-19)13-2-4-14(5-3-13)25-6-8-26-9-7-25/h2-5,10,12H,6-9H2,1H3,(H,22,23,24). The molecule has 0 bridgehead atoms. The van der Waals surface area contributed by atoms with Crippen molar-refractivity contribution < 1.29 is 9.47 Å². The summed E-state index contributed by atoms with van der Waals surface area (Å²) in [5.41, 5.74) is 3.87. The Bertz CT molecular complexity index is 990. The van der Waals surface area contributed by atoms with Gasteiger partial charge < -0.3 is 19.4 Å². The molecule has 3 heterocycles. The Labute approximate surface area is 161 Å². The molecular formula is C19H18ClN5O2. The highest BCUT2D eigenvalue weighted by Crippen LogP contribution is 2.31. The fourth-order valence-corrected chi connectivity index (χ4v) is 3.26. The Kier molecular flexibility index (Phi) is 4.84. The molecule has 8 heteroatoms. The van der Waals surface area contributed by atoms with Crippen molar-refractivity contribution in [3.05, 3.63) is 35.4 Å². The lowest BCUT2D eigenvalue weighted by Gasteiger charge is -2.28. The molecule has 1 N–H and O–H groups in total. The van der Waals surface area contributed by atoms with Crippen LogP contribution >= 0.6 is 11.6 Å². The molecule has 4 rings (SSSR count).